The lowest BCUT2D eigenvalue weighted by Crippen LogP contribution is -2.39. The first-order valence-corrected chi connectivity index (χ1v) is 9.66. The summed E-state index contributed by atoms with van der Waals surface area (Å²) < 4.78 is 10.6. The number of carbonyl (C=O) groups excluding carboxylic acids is 3. The zero-order valence-corrected chi connectivity index (χ0v) is 16.1. The summed E-state index contributed by atoms with van der Waals surface area (Å²) in [6, 6.07) is 5.72. The van der Waals surface area contributed by atoms with Gasteiger partial charge >= 0.3 is 11.9 Å². The van der Waals surface area contributed by atoms with Crippen LogP contribution in [0.15, 0.2) is 18.2 Å². The molecule has 6 atom stereocenters. The minimum Gasteiger partial charge on any atom is -0.461 e. The summed E-state index contributed by atoms with van der Waals surface area (Å²) in [6.45, 7) is 3.53. The Labute approximate surface area is 159 Å². The maximum Gasteiger partial charge on any atom is 0.310 e. The summed E-state index contributed by atoms with van der Waals surface area (Å²) >= 11 is 3.56. The number of esters is 2. The van der Waals surface area contributed by atoms with Crippen molar-refractivity contribution in [1.29, 1.82) is 0 Å². The molecule has 138 valence electrons. The summed E-state index contributed by atoms with van der Waals surface area (Å²) in [5.41, 5.74) is 2.75. The summed E-state index contributed by atoms with van der Waals surface area (Å²) in [5, 5.41) is 2.74. The number of hydrogen-bond acceptors (Lipinski definition) is 5. The molecule has 0 radical (unpaired) electrons. The third kappa shape index (κ3) is 2.82. The van der Waals surface area contributed by atoms with E-state index in [-0.39, 0.29) is 35.3 Å². The second-order valence-corrected chi connectivity index (χ2v) is 8.55. The lowest BCUT2D eigenvalue weighted by atomic mass is 9.80. The van der Waals surface area contributed by atoms with Crippen LogP contribution < -0.4 is 5.32 Å². The van der Waals surface area contributed by atoms with E-state index in [1.54, 1.807) is 0 Å². The number of alkyl halides is 1. The average molecular weight is 422 g/mol. The number of amides is 1. The number of aryl methyl sites for hydroxylation is 2. The van der Waals surface area contributed by atoms with Gasteiger partial charge in [0.2, 0.25) is 0 Å². The Balaban J connectivity index is 1.37. The SMILES string of the molecule is Cc1cc(C)cc(NC(=O)COC(=O)[C@@H]2[C@H]3C[C@H]4[C@H](OC(=O)[C@@H]42)[C@@H]3Br)c1. The highest BCUT2D eigenvalue weighted by molar-refractivity contribution is 9.09. The fourth-order valence-corrected chi connectivity index (χ4v) is 5.82. The molecule has 26 heavy (non-hydrogen) atoms. The molecular weight excluding hydrogens is 402 g/mol. The van der Waals surface area contributed by atoms with Gasteiger partial charge in [0.1, 0.15) is 6.10 Å². The fraction of sp³-hybridized carbons (Fsp3) is 0.526. The third-order valence-electron chi connectivity index (χ3n) is 5.65. The molecule has 0 aromatic heterocycles. The van der Waals surface area contributed by atoms with Crippen LogP contribution in [0.4, 0.5) is 5.69 Å². The molecule has 2 saturated carbocycles. The van der Waals surface area contributed by atoms with Crippen molar-refractivity contribution in [2.75, 3.05) is 11.9 Å². The Hall–Kier alpha value is -1.89. The van der Waals surface area contributed by atoms with Crippen molar-refractivity contribution < 1.29 is 23.9 Å². The molecule has 6 nitrogen and oxygen atoms in total. The average Bonchev–Trinajstić information content (AvgIpc) is 3.16. The van der Waals surface area contributed by atoms with Gasteiger partial charge in [0.25, 0.3) is 5.91 Å². The van der Waals surface area contributed by atoms with E-state index in [1.807, 2.05) is 32.0 Å². The number of nitrogens with one attached hydrogen (secondary N) is 1. The van der Waals surface area contributed by atoms with Gasteiger partial charge in [-0.1, -0.05) is 22.0 Å². The molecule has 3 fully saturated rings. The molecule has 4 rings (SSSR count). The van der Waals surface area contributed by atoms with Gasteiger partial charge < -0.3 is 14.8 Å². The maximum atomic E-state index is 12.5. The first kappa shape index (κ1) is 17.5. The molecule has 3 aliphatic rings. The highest BCUT2D eigenvalue weighted by Gasteiger charge is 2.68. The predicted molar refractivity (Wildman–Crippen MR) is 96.7 cm³/mol. The van der Waals surface area contributed by atoms with Gasteiger partial charge in [-0.3, -0.25) is 14.4 Å². The number of benzene rings is 1. The molecule has 1 aliphatic heterocycles. The van der Waals surface area contributed by atoms with E-state index < -0.39 is 23.7 Å². The van der Waals surface area contributed by atoms with Gasteiger partial charge in [0, 0.05) is 11.6 Å². The molecule has 1 aromatic rings. The molecular formula is C19H20BrNO5. The van der Waals surface area contributed by atoms with E-state index in [9.17, 15) is 14.4 Å². The van der Waals surface area contributed by atoms with Crippen molar-refractivity contribution in [3.63, 3.8) is 0 Å². The summed E-state index contributed by atoms with van der Waals surface area (Å²) in [7, 11) is 0. The quantitative estimate of drug-likeness (QED) is 0.595. The minimum atomic E-state index is -0.523. The lowest BCUT2D eigenvalue weighted by Gasteiger charge is -2.26. The maximum absolute atomic E-state index is 12.5. The van der Waals surface area contributed by atoms with Crippen LogP contribution in [0, 0.1) is 37.5 Å². The standard InChI is InChI=1S/C19H20BrNO5/c1-8-3-9(2)5-10(4-8)21-13(22)7-25-18(23)14-11-6-12-15(14)19(24)26-17(12)16(11)20/h3-5,11-12,14-17H,6-7H2,1-2H3,(H,21,22)/t11-,12-,14-,15+,16-,17+/m1/s1. The molecule has 0 spiro atoms. The number of fused-ring (bicyclic) bond motifs is 1. The van der Waals surface area contributed by atoms with E-state index in [4.69, 9.17) is 9.47 Å². The number of carbonyl (C=O) groups is 3. The van der Waals surface area contributed by atoms with Gasteiger partial charge in [-0.15, -0.1) is 0 Å². The zero-order valence-electron chi connectivity index (χ0n) is 14.5. The van der Waals surface area contributed by atoms with Crippen LogP contribution in [0.1, 0.15) is 17.5 Å². The van der Waals surface area contributed by atoms with E-state index >= 15 is 0 Å². The third-order valence-corrected chi connectivity index (χ3v) is 6.85. The molecule has 1 N–H and O–H groups in total. The van der Waals surface area contributed by atoms with Crippen LogP contribution in [-0.2, 0) is 23.9 Å². The number of hydrogen-bond donors (Lipinski definition) is 1. The molecule has 7 heteroatoms. The Morgan fingerprint density at radius 3 is 2.62 bits per heavy atom. The second kappa shape index (κ2) is 6.37. The molecule has 0 unspecified atom stereocenters. The topological polar surface area (TPSA) is 81.7 Å². The minimum absolute atomic E-state index is 0.0168. The van der Waals surface area contributed by atoms with Gasteiger partial charge in [0.05, 0.1) is 16.7 Å². The molecule has 1 aromatic carbocycles. The van der Waals surface area contributed by atoms with Gasteiger partial charge in [-0.05, 0) is 49.4 Å². The molecule has 2 aliphatic carbocycles. The number of rotatable bonds is 4. The van der Waals surface area contributed by atoms with Crippen molar-refractivity contribution in [2.45, 2.75) is 31.2 Å². The van der Waals surface area contributed by atoms with Crippen LogP contribution in [0.25, 0.3) is 0 Å². The van der Waals surface area contributed by atoms with Gasteiger partial charge in [-0.2, -0.15) is 0 Å². The Kier molecular flexibility index (Phi) is 4.29. The molecule has 2 bridgehead atoms. The predicted octanol–water partition coefficient (Wildman–Crippen LogP) is 2.36. The van der Waals surface area contributed by atoms with E-state index in [2.05, 4.69) is 21.2 Å². The number of halogens is 1. The van der Waals surface area contributed by atoms with Crippen LogP contribution in [0.3, 0.4) is 0 Å². The van der Waals surface area contributed by atoms with Crippen LogP contribution >= 0.6 is 15.9 Å². The monoisotopic (exact) mass is 421 g/mol. The number of anilines is 1. The van der Waals surface area contributed by atoms with Crippen molar-refractivity contribution in [2.24, 2.45) is 23.7 Å². The second-order valence-electron chi connectivity index (χ2n) is 7.49. The summed E-state index contributed by atoms with van der Waals surface area (Å²) in [6.07, 6.45) is 0.653. The normalized spacial score (nSPS) is 33.9. The molecule has 1 saturated heterocycles. The molecule has 1 amide bonds. The molecule has 1 heterocycles. The first-order valence-electron chi connectivity index (χ1n) is 8.74. The Bertz CT molecular complexity index is 774. The van der Waals surface area contributed by atoms with Gasteiger partial charge in [0.15, 0.2) is 6.61 Å². The van der Waals surface area contributed by atoms with Crippen molar-refractivity contribution in [3.05, 3.63) is 29.3 Å². The highest BCUT2D eigenvalue weighted by Crippen LogP contribution is 2.60. The van der Waals surface area contributed by atoms with Crippen LogP contribution in [0.2, 0.25) is 0 Å². The smallest absolute Gasteiger partial charge is 0.310 e. The van der Waals surface area contributed by atoms with Crippen LogP contribution in [-0.4, -0.2) is 35.4 Å². The number of ether oxygens (including phenoxy) is 2. The largest absolute Gasteiger partial charge is 0.461 e. The van der Waals surface area contributed by atoms with Crippen molar-refractivity contribution >= 4 is 39.5 Å². The van der Waals surface area contributed by atoms with Crippen LogP contribution in [0.5, 0.6) is 0 Å². The fourth-order valence-electron chi connectivity index (χ4n) is 4.77. The summed E-state index contributed by atoms with van der Waals surface area (Å²) in [4.78, 5) is 36.7. The van der Waals surface area contributed by atoms with E-state index in [0.29, 0.717) is 5.69 Å². The van der Waals surface area contributed by atoms with E-state index in [1.165, 1.54) is 0 Å². The lowest BCUT2D eigenvalue weighted by molar-refractivity contribution is -0.157. The van der Waals surface area contributed by atoms with Gasteiger partial charge in [-0.25, -0.2) is 0 Å². The van der Waals surface area contributed by atoms with Crippen molar-refractivity contribution in [1.82, 2.24) is 0 Å². The zero-order chi connectivity index (χ0) is 18.6. The Morgan fingerprint density at radius 1 is 1.23 bits per heavy atom. The summed E-state index contributed by atoms with van der Waals surface area (Å²) in [5.74, 6) is -2.03. The van der Waals surface area contributed by atoms with Crippen molar-refractivity contribution in [3.8, 4) is 0 Å². The highest BCUT2D eigenvalue weighted by atomic mass is 79.9. The van der Waals surface area contributed by atoms with E-state index in [0.717, 1.165) is 17.5 Å². The Morgan fingerprint density at radius 2 is 1.92 bits per heavy atom. The first-order chi connectivity index (χ1) is 12.3.